The number of amides is 2. The molecule has 3 atom stereocenters. The van der Waals surface area contributed by atoms with Gasteiger partial charge in [-0.2, -0.15) is 0 Å². The van der Waals surface area contributed by atoms with Gasteiger partial charge in [-0.1, -0.05) is 55.5 Å². The first-order valence-corrected chi connectivity index (χ1v) is 10.6. The minimum Gasteiger partial charge on any atom is -0.480 e. The fourth-order valence-electron chi connectivity index (χ4n) is 3.86. The van der Waals surface area contributed by atoms with Crippen LogP contribution in [-0.4, -0.2) is 53.5 Å². The van der Waals surface area contributed by atoms with Gasteiger partial charge < -0.3 is 25.6 Å². The van der Waals surface area contributed by atoms with Crippen molar-refractivity contribution in [2.24, 2.45) is 5.92 Å². The summed E-state index contributed by atoms with van der Waals surface area (Å²) in [6.45, 7) is 3.31. The predicted octanol–water partition coefficient (Wildman–Crippen LogP) is 2.50. The minimum absolute atomic E-state index is 0.0359. The Bertz CT molecular complexity index is 944. The number of aliphatic carboxylic acids is 1. The monoisotopic (exact) mass is 440 g/mol. The van der Waals surface area contributed by atoms with Crippen LogP contribution in [0.15, 0.2) is 48.5 Å². The van der Waals surface area contributed by atoms with Crippen molar-refractivity contribution in [2.75, 3.05) is 13.2 Å². The number of alkyl carbamates (subject to hydrolysis) is 1. The molecule has 8 nitrogen and oxygen atoms in total. The molecule has 8 heteroatoms. The summed E-state index contributed by atoms with van der Waals surface area (Å²) in [4.78, 5) is 35.4. The Hall–Kier alpha value is -3.39. The van der Waals surface area contributed by atoms with Crippen LogP contribution in [-0.2, 0) is 14.3 Å². The molecule has 2 aromatic rings. The Labute approximate surface area is 186 Å². The standard InChI is InChI=1S/C24H28N2O6/c1-14(22(28)26-21(15(2)27)23(29)30)11-12-25-24(31)32-13-20-18-9-5-3-7-16(18)17-8-4-6-10-19(17)20/h3-10,14-15,20-21,27H,11-13H2,1-2H3,(H,25,31)(H,26,28)(H,29,30). The number of carbonyl (C=O) groups is 3. The van der Waals surface area contributed by atoms with Crippen molar-refractivity contribution >= 4 is 18.0 Å². The summed E-state index contributed by atoms with van der Waals surface area (Å²) in [5.74, 6) is -2.40. The second-order valence-corrected chi connectivity index (χ2v) is 8.01. The van der Waals surface area contributed by atoms with E-state index in [1.54, 1.807) is 6.92 Å². The summed E-state index contributed by atoms with van der Waals surface area (Å²) in [6, 6.07) is 14.7. The van der Waals surface area contributed by atoms with Crippen molar-refractivity contribution in [3.8, 4) is 11.1 Å². The number of carboxylic acid groups (broad SMARTS) is 1. The van der Waals surface area contributed by atoms with Gasteiger partial charge in [-0.3, -0.25) is 4.79 Å². The molecule has 0 spiro atoms. The van der Waals surface area contributed by atoms with Crippen LogP contribution in [0.3, 0.4) is 0 Å². The molecule has 170 valence electrons. The van der Waals surface area contributed by atoms with Crippen LogP contribution < -0.4 is 10.6 Å². The summed E-state index contributed by atoms with van der Waals surface area (Å²) in [7, 11) is 0. The van der Waals surface area contributed by atoms with E-state index in [1.165, 1.54) is 6.92 Å². The second kappa shape index (κ2) is 10.3. The van der Waals surface area contributed by atoms with Crippen molar-refractivity contribution in [2.45, 2.75) is 38.3 Å². The van der Waals surface area contributed by atoms with Gasteiger partial charge in [0.05, 0.1) is 6.10 Å². The summed E-state index contributed by atoms with van der Waals surface area (Å²) < 4.78 is 5.45. The molecule has 3 unspecified atom stereocenters. The van der Waals surface area contributed by atoms with E-state index in [0.29, 0.717) is 6.42 Å². The lowest BCUT2D eigenvalue weighted by molar-refractivity contribution is -0.145. The van der Waals surface area contributed by atoms with E-state index < -0.39 is 36.0 Å². The number of ether oxygens (including phenoxy) is 1. The van der Waals surface area contributed by atoms with E-state index in [1.807, 2.05) is 36.4 Å². The third kappa shape index (κ3) is 5.26. The van der Waals surface area contributed by atoms with Crippen LogP contribution in [0.5, 0.6) is 0 Å². The molecule has 0 aliphatic heterocycles. The zero-order valence-corrected chi connectivity index (χ0v) is 18.1. The lowest BCUT2D eigenvalue weighted by Gasteiger charge is -2.20. The number of carboxylic acids is 1. The maximum Gasteiger partial charge on any atom is 0.407 e. The van der Waals surface area contributed by atoms with Gasteiger partial charge in [-0.15, -0.1) is 0 Å². The Kier molecular flexibility index (Phi) is 7.48. The van der Waals surface area contributed by atoms with Gasteiger partial charge in [0.15, 0.2) is 6.04 Å². The lowest BCUT2D eigenvalue weighted by Crippen LogP contribution is -2.49. The van der Waals surface area contributed by atoms with E-state index in [9.17, 15) is 19.5 Å². The Morgan fingerprint density at radius 1 is 1.00 bits per heavy atom. The summed E-state index contributed by atoms with van der Waals surface area (Å²) in [5.41, 5.74) is 4.54. The minimum atomic E-state index is -1.37. The Morgan fingerprint density at radius 3 is 2.09 bits per heavy atom. The maximum atomic E-state index is 12.2. The highest BCUT2D eigenvalue weighted by atomic mass is 16.5. The van der Waals surface area contributed by atoms with Gasteiger partial charge in [0.1, 0.15) is 6.61 Å². The molecule has 2 aromatic carbocycles. The molecule has 0 saturated carbocycles. The molecular formula is C24H28N2O6. The molecule has 2 amide bonds. The molecule has 0 radical (unpaired) electrons. The van der Waals surface area contributed by atoms with E-state index >= 15 is 0 Å². The van der Waals surface area contributed by atoms with Crippen molar-refractivity contribution in [3.05, 3.63) is 59.7 Å². The van der Waals surface area contributed by atoms with Gasteiger partial charge in [-0.05, 0) is 35.6 Å². The molecule has 1 aliphatic carbocycles. The topological polar surface area (TPSA) is 125 Å². The highest BCUT2D eigenvalue weighted by Crippen LogP contribution is 2.44. The SMILES string of the molecule is CC(CCNC(=O)OCC1c2ccccc2-c2ccccc21)C(=O)NC(C(=O)O)C(C)O. The van der Waals surface area contributed by atoms with Crippen LogP contribution in [0, 0.1) is 5.92 Å². The summed E-state index contributed by atoms with van der Waals surface area (Å²) >= 11 is 0. The zero-order valence-electron chi connectivity index (χ0n) is 18.1. The van der Waals surface area contributed by atoms with E-state index in [2.05, 4.69) is 22.8 Å². The molecule has 0 saturated heterocycles. The smallest absolute Gasteiger partial charge is 0.407 e. The van der Waals surface area contributed by atoms with Crippen molar-refractivity contribution < 1.29 is 29.3 Å². The lowest BCUT2D eigenvalue weighted by atomic mass is 9.98. The fraction of sp³-hybridized carbons (Fsp3) is 0.375. The average Bonchev–Trinajstić information content (AvgIpc) is 3.09. The number of fused-ring (bicyclic) bond motifs is 3. The number of aliphatic hydroxyl groups excluding tert-OH is 1. The van der Waals surface area contributed by atoms with Crippen molar-refractivity contribution in [3.63, 3.8) is 0 Å². The third-order valence-corrected chi connectivity index (χ3v) is 5.68. The molecular weight excluding hydrogens is 412 g/mol. The molecule has 0 fully saturated rings. The number of hydrogen-bond donors (Lipinski definition) is 4. The predicted molar refractivity (Wildman–Crippen MR) is 118 cm³/mol. The first kappa shape index (κ1) is 23.3. The van der Waals surface area contributed by atoms with Gasteiger partial charge in [0.25, 0.3) is 0 Å². The van der Waals surface area contributed by atoms with Crippen LogP contribution in [0.25, 0.3) is 11.1 Å². The third-order valence-electron chi connectivity index (χ3n) is 5.68. The number of benzene rings is 2. The van der Waals surface area contributed by atoms with Crippen LogP contribution in [0.2, 0.25) is 0 Å². The molecule has 0 heterocycles. The van der Waals surface area contributed by atoms with Crippen LogP contribution >= 0.6 is 0 Å². The highest BCUT2D eigenvalue weighted by Gasteiger charge is 2.29. The first-order chi connectivity index (χ1) is 15.3. The van der Waals surface area contributed by atoms with Gasteiger partial charge in [0.2, 0.25) is 5.91 Å². The summed E-state index contributed by atoms with van der Waals surface area (Å²) in [5, 5.41) is 23.4. The average molecular weight is 440 g/mol. The van der Waals surface area contributed by atoms with E-state index in [4.69, 9.17) is 9.84 Å². The van der Waals surface area contributed by atoms with E-state index in [-0.39, 0.29) is 19.1 Å². The van der Waals surface area contributed by atoms with Gasteiger partial charge in [0, 0.05) is 18.4 Å². The molecule has 0 bridgehead atoms. The number of nitrogens with one attached hydrogen (secondary N) is 2. The van der Waals surface area contributed by atoms with Gasteiger partial charge in [-0.25, -0.2) is 9.59 Å². The zero-order chi connectivity index (χ0) is 23.3. The van der Waals surface area contributed by atoms with Crippen molar-refractivity contribution in [1.29, 1.82) is 0 Å². The Balaban J connectivity index is 1.47. The number of hydrogen-bond acceptors (Lipinski definition) is 5. The number of aliphatic hydroxyl groups is 1. The van der Waals surface area contributed by atoms with E-state index in [0.717, 1.165) is 22.3 Å². The first-order valence-electron chi connectivity index (χ1n) is 10.6. The van der Waals surface area contributed by atoms with Crippen molar-refractivity contribution in [1.82, 2.24) is 10.6 Å². The molecule has 4 N–H and O–H groups in total. The highest BCUT2D eigenvalue weighted by molar-refractivity contribution is 5.85. The van der Waals surface area contributed by atoms with Crippen LogP contribution in [0.1, 0.15) is 37.3 Å². The molecule has 0 aromatic heterocycles. The molecule has 3 rings (SSSR count). The number of carbonyl (C=O) groups excluding carboxylic acids is 2. The second-order valence-electron chi connectivity index (χ2n) is 8.01. The molecule has 1 aliphatic rings. The quantitative estimate of drug-likeness (QED) is 0.475. The maximum absolute atomic E-state index is 12.2. The normalized spacial score (nSPS) is 15.1. The van der Waals surface area contributed by atoms with Crippen LogP contribution in [0.4, 0.5) is 4.79 Å². The summed E-state index contributed by atoms with van der Waals surface area (Å²) in [6.07, 6.45) is -1.50. The largest absolute Gasteiger partial charge is 0.480 e. The Morgan fingerprint density at radius 2 is 1.56 bits per heavy atom. The number of rotatable bonds is 9. The van der Waals surface area contributed by atoms with Gasteiger partial charge >= 0.3 is 12.1 Å². The fourth-order valence-corrected chi connectivity index (χ4v) is 3.86. The molecule has 32 heavy (non-hydrogen) atoms.